The first-order chi connectivity index (χ1) is 10.2. The van der Waals surface area contributed by atoms with E-state index in [4.69, 9.17) is 22.2 Å². The summed E-state index contributed by atoms with van der Waals surface area (Å²) in [5.74, 6) is 0.665. The minimum atomic E-state index is 0.0473. The van der Waals surface area contributed by atoms with Gasteiger partial charge in [0.15, 0.2) is 11.7 Å². The van der Waals surface area contributed by atoms with Crippen molar-refractivity contribution in [3.63, 3.8) is 0 Å². The van der Waals surface area contributed by atoms with Crippen molar-refractivity contribution in [2.45, 2.75) is 26.7 Å². The summed E-state index contributed by atoms with van der Waals surface area (Å²) in [6.45, 7) is 4.92. The SMILES string of the molecule is CCCCNC(=S)N/N=C(/C)c1ccc(OCC#N)cc1. The van der Waals surface area contributed by atoms with Gasteiger partial charge in [-0.2, -0.15) is 10.4 Å². The van der Waals surface area contributed by atoms with Crippen LogP contribution in [0.3, 0.4) is 0 Å². The Kier molecular flexibility index (Phi) is 7.84. The smallest absolute Gasteiger partial charge is 0.186 e. The molecule has 1 aromatic carbocycles. The molecule has 0 aliphatic carbocycles. The molecule has 0 aliphatic heterocycles. The van der Waals surface area contributed by atoms with E-state index in [9.17, 15) is 0 Å². The standard InChI is InChI=1S/C15H20N4OS/c1-3-4-10-17-15(21)19-18-12(2)13-5-7-14(8-6-13)20-11-9-16/h5-8H,3-4,10-11H2,1-2H3,(H2,17,19,21)/b18-12-. The molecule has 112 valence electrons. The minimum absolute atomic E-state index is 0.0473. The summed E-state index contributed by atoms with van der Waals surface area (Å²) in [5.41, 5.74) is 4.60. The Morgan fingerprint density at radius 3 is 2.71 bits per heavy atom. The molecule has 0 bridgehead atoms. The monoisotopic (exact) mass is 304 g/mol. The van der Waals surface area contributed by atoms with E-state index in [1.165, 1.54) is 0 Å². The van der Waals surface area contributed by atoms with Gasteiger partial charge in [-0.25, -0.2) is 0 Å². The van der Waals surface area contributed by atoms with Crippen LogP contribution in [0, 0.1) is 11.3 Å². The molecule has 0 spiro atoms. The minimum Gasteiger partial charge on any atom is -0.479 e. The molecule has 0 aromatic heterocycles. The van der Waals surface area contributed by atoms with Crippen LogP contribution in [0.15, 0.2) is 29.4 Å². The van der Waals surface area contributed by atoms with E-state index in [2.05, 4.69) is 22.8 Å². The number of nitrogens with one attached hydrogen (secondary N) is 2. The highest BCUT2D eigenvalue weighted by molar-refractivity contribution is 7.80. The van der Waals surface area contributed by atoms with Crippen molar-refractivity contribution in [3.05, 3.63) is 29.8 Å². The molecule has 0 fully saturated rings. The lowest BCUT2D eigenvalue weighted by molar-refractivity contribution is 0.368. The molecule has 0 unspecified atom stereocenters. The molecule has 6 heteroatoms. The first kappa shape index (κ1) is 16.9. The number of nitrogens with zero attached hydrogens (tertiary/aromatic N) is 2. The Bertz CT molecular complexity index is 519. The summed E-state index contributed by atoms with van der Waals surface area (Å²) in [6, 6.07) is 9.33. The van der Waals surface area contributed by atoms with Gasteiger partial charge in [0.25, 0.3) is 0 Å². The van der Waals surface area contributed by atoms with E-state index in [0.29, 0.717) is 10.9 Å². The van der Waals surface area contributed by atoms with Crippen molar-refractivity contribution < 1.29 is 4.74 Å². The topological polar surface area (TPSA) is 69.4 Å². The number of hydrogen-bond donors (Lipinski definition) is 2. The van der Waals surface area contributed by atoms with E-state index >= 15 is 0 Å². The van der Waals surface area contributed by atoms with Gasteiger partial charge in [-0.1, -0.05) is 13.3 Å². The predicted molar refractivity (Wildman–Crippen MR) is 88.4 cm³/mol. The summed E-state index contributed by atoms with van der Waals surface area (Å²) in [4.78, 5) is 0. The molecule has 5 nitrogen and oxygen atoms in total. The van der Waals surface area contributed by atoms with Crippen LogP contribution in [0.2, 0.25) is 0 Å². The first-order valence-corrected chi connectivity index (χ1v) is 7.26. The first-order valence-electron chi connectivity index (χ1n) is 6.85. The van der Waals surface area contributed by atoms with Crippen LogP contribution in [-0.4, -0.2) is 24.0 Å². The molecule has 0 heterocycles. The summed E-state index contributed by atoms with van der Waals surface area (Å²) in [5, 5.41) is 16.3. The molecule has 0 saturated carbocycles. The van der Waals surface area contributed by atoms with Crippen LogP contribution < -0.4 is 15.5 Å². The van der Waals surface area contributed by atoms with Crippen molar-refractivity contribution in [2.75, 3.05) is 13.2 Å². The zero-order valence-corrected chi connectivity index (χ0v) is 13.2. The molecule has 0 saturated heterocycles. The van der Waals surface area contributed by atoms with Crippen molar-refractivity contribution >= 4 is 23.0 Å². The molecule has 2 N–H and O–H groups in total. The van der Waals surface area contributed by atoms with E-state index in [0.717, 1.165) is 30.7 Å². The number of ether oxygens (including phenoxy) is 1. The fraction of sp³-hybridized carbons (Fsp3) is 0.400. The molecule has 1 rings (SSSR count). The molecule has 0 aliphatic rings. The van der Waals surface area contributed by atoms with Crippen LogP contribution in [-0.2, 0) is 0 Å². The van der Waals surface area contributed by atoms with E-state index in [1.54, 1.807) is 0 Å². The second-order valence-corrected chi connectivity index (χ2v) is 4.80. The Hall–Kier alpha value is -2.13. The Morgan fingerprint density at radius 1 is 1.38 bits per heavy atom. The van der Waals surface area contributed by atoms with Gasteiger partial charge < -0.3 is 10.1 Å². The summed E-state index contributed by atoms with van der Waals surface area (Å²) < 4.78 is 5.20. The van der Waals surface area contributed by atoms with Gasteiger partial charge in [-0.3, -0.25) is 5.43 Å². The summed E-state index contributed by atoms with van der Waals surface area (Å²) in [6.07, 6.45) is 2.20. The Balaban J connectivity index is 2.50. The van der Waals surface area contributed by atoms with Crippen molar-refractivity contribution in [1.29, 1.82) is 5.26 Å². The summed E-state index contributed by atoms with van der Waals surface area (Å²) >= 11 is 5.12. The lowest BCUT2D eigenvalue weighted by Gasteiger charge is -2.08. The van der Waals surface area contributed by atoms with E-state index < -0.39 is 0 Å². The largest absolute Gasteiger partial charge is 0.479 e. The number of thiocarbonyl (C=S) groups is 1. The lowest BCUT2D eigenvalue weighted by Crippen LogP contribution is -2.33. The van der Waals surface area contributed by atoms with Gasteiger partial charge in [0.05, 0.1) is 5.71 Å². The maximum absolute atomic E-state index is 8.45. The van der Waals surface area contributed by atoms with Crippen LogP contribution in [0.5, 0.6) is 5.75 Å². The third kappa shape index (κ3) is 6.72. The van der Waals surface area contributed by atoms with Gasteiger partial charge in [-0.15, -0.1) is 0 Å². The third-order valence-corrected chi connectivity index (χ3v) is 2.95. The van der Waals surface area contributed by atoms with Gasteiger partial charge in [0.1, 0.15) is 11.8 Å². The average Bonchev–Trinajstić information content (AvgIpc) is 2.51. The highest BCUT2D eigenvalue weighted by atomic mass is 32.1. The second kappa shape index (κ2) is 9.72. The number of hydrazone groups is 1. The van der Waals surface area contributed by atoms with Gasteiger partial charge in [0, 0.05) is 6.54 Å². The number of benzene rings is 1. The maximum atomic E-state index is 8.45. The third-order valence-electron chi connectivity index (χ3n) is 2.72. The second-order valence-electron chi connectivity index (χ2n) is 4.39. The van der Waals surface area contributed by atoms with Crippen LogP contribution in [0.25, 0.3) is 0 Å². The molecular weight excluding hydrogens is 284 g/mol. The maximum Gasteiger partial charge on any atom is 0.186 e. The van der Waals surface area contributed by atoms with Crippen LogP contribution in [0.1, 0.15) is 32.3 Å². The fourth-order valence-electron chi connectivity index (χ4n) is 1.53. The molecule has 0 radical (unpaired) electrons. The average molecular weight is 304 g/mol. The van der Waals surface area contributed by atoms with Crippen molar-refractivity contribution in [3.8, 4) is 11.8 Å². The Morgan fingerprint density at radius 2 is 2.10 bits per heavy atom. The fourth-order valence-corrected chi connectivity index (χ4v) is 1.67. The van der Waals surface area contributed by atoms with Crippen LogP contribution >= 0.6 is 12.2 Å². The van der Waals surface area contributed by atoms with E-state index in [-0.39, 0.29) is 6.61 Å². The number of hydrogen-bond acceptors (Lipinski definition) is 4. The zero-order chi connectivity index (χ0) is 15.5. The predicted octanol–water partition coefficient (Wildman–Crippen LogP) is 2.58. The van der Waals surface area contributed by atoms with Crippen LogP contribution in [0.4, 0.5) is 0 Å². The van der Waals surface area contributed by atoms with Crippen molar-refractivity contribution in [1.82, 2.24) is 10.7 Å². The molecule has 0 atom stereocenters. The van der Waals surface area contributed by atoms with Gasteiger partial charge in [0.2, 0.25) is 0 Å². The quantitative estimate of drug-likeness (QED) is 0.351. The molecule has 1 aromatic rings. The summed E-state index contributed by atoms with van der Waals surface area (Å²) in [7, 11) is 0. The normalized spacial score (nSPS) is 10.6. The zero-order valence-electron chi connectivity index (χ0n) is 12.3. The Labute approximate surface area is 131 Å². The van der Waals surface area contributed by atoms with Gasteiger partial charge in [-0.05, 0) is 55.4 Å². The van der Waals surface area contributed by atoms with E-state index in [1.807, 2.05) is 37.3 Å². The number of rotatable bonds is 7. The molecule has 21 heavy (non-hydrogen) atoms. The lowest BCUT2D eigenvalue weighted by atomic mass is 10.1. The highest BCUT2D eigenvalue weighted by Gasteiger charge is 2.00. The van der Waals surface area contributed by atoms with Crippen molar-refractivity contribution in [2.24, 2.45) is 5.10 Å². The molecule has 0 amide bonds. The highest BCUT2D eigenvalue weighted by Crippen LogP contribution is 2.12. The van der Waals surface area contributed by atoms with Gasteiger partial charge >= 0.3 is 0 Å². The number of unbranched alkanes of at least 4 members (excludes halogenated alkanes) is 1. The number of nitriles is 1. The molecular formula is C15H20N4OS.